The molecule has 1 aliphatic rings. The maximum absolute atomic E-state index is 12.8. The number of hydrogen-bond donors (Lipinski definition) is 1. The van der Waals surface area contributed by atoms with Gasteiger partial charge >= 0.3 is 0 Å². The van der Waals surface area contributed by atoms with Crippen LogP contribution in [0.15, 0.2) is 24.3 Å². The number of carbonyl (C=O) groups is 1. The second-order valence-corrected chi connectivity index (χ2v) is 5.38. The first-order valence-electron chi connectivity index (χ1n) is 7.34. The largest absolute Gasteiger partial charge is 0.396 e. The second kappa shape index (κ2) is 7.50. The minimum atomic E-state index is -0.319. The van der Waals surface area contributed by atoms with Crippen molar-refractivity contribution in [3.63, 3.8) is 0 Å². The molecule has 0 amide bonds. The summed E-state index contributed by atoms with van der Waals surface area (Å²) in [6.07, 6.45) is 4.70. The zero-order chi connectivity index (χ0) is 14.4. The van der Waals surface area contributed by atoms with Gasteiger partial charge in [0.05, 0.1) is 0 Å². The number of likely N-dealkylation sites (tertiary alicyclic amines) is 1. The first-order chi connectivity index (χ1) is 9.70. The lowest BCUT2D eigenvalue weighted by Gasteiger charge is -2.35. The molecule has 1 N–H and O–H groups in total. The van der Waals surface area contributed by atoms with Crippen molar-refractivity contribution in [2.75, 3.05) is 19.7 Å². The van der Waals surface area contributed by atoms with E-state index in [-0.39, 0.29) is 18.2 Å². The molecule has 2 rings (SSSR count). The van der Waals surface area contributed by atoms with Gasteiger partial charge in [-0.2, -0.15) is 0 Å². The Labute approximate surface area is 119 Å². The van der Waals surface area contributed by atoms with Gasteiger partial charge in [0.25, 0.3) is 0 Å². The highest BCUT2D eigenvalue weighted by atomic mass is 19.1. The Hall–Kier alpha value is -1.26. The van der Waals surface area contributed by atoms with E-state index < -0.39 is 0 Å². The molecule has 0 aliphatic carbocycles. The van der Waals surface area contributed by atoms with Gasteiger partial charge in [-0.3, -0.25) is 9.69 Å². The Balaban J connectivity index is 1.86. The molecule has 20 heavy (non-hydrogen) atoms. The number of carbonyl (C=O) groups excluding carboxylic acids is 1. The number of piperidine rings is 1. The number of nitrogens with zero attached hydrogens (tertiary/aromatic N) is 1. The standard InChI is InChI=1S/C16H22FNO2/c17-14-6-4-13(5-7-14)16(20)8-11-18-10-2-1-3-15(18)9-12-19/h4-7,15,19H,1-3,8-12H2. The molecule has 1 heterocycles. The molecule has 1 atom stereocenters. The third kappa shape index (κ3) is 4.12. The third-order valence-electron chi connectivity index (χ3n) is 4.00. The fourth-order valence-electron chi connectivity index (χ4n) is 2.86. The summed E-state index contributed by atoms with van der Waals surface area (Å²) in [7, 11) is 0. The van der Waals surface area contributed by atoms with Crippen LogP contribution in [0.4, 0.5) is 4.39 Å². The van der Waals surface area contributed by atoms with E-state index in [1.54, 1.807) is 12.1 Å². The van der Waals surface area contributed by atoms with E-state index in [0.717, 1.165) is 32.4 Å². The van der Waals surface area contributed by atoms with Crippen LogP contribution < -0.4 is 0 Å². The van der Waals surface area contributed by atoms with Gasteiger partial charge in [-0.05, 0) is 50.1 Å². The van der Waals surface area contributed by atoms with Crippen molar-refractivity contribution in [3.8, 4) is 0 Å². The van der Waals surface area contributed by atoms with Gasteiger partial charge in [-0.15, -0.1) is 0 Å². The summed E-state index contributed by atoms with van der Waals surface area (Å²) >= 11 is 0. The zero-order valence-electron chi connectivity index (χ0n) is 11.7. The molecular formula is C16H22FNO2. The van der Waals surface area contributed by atoms with Crippen LogP contribution in [-0.2, 0) is 0 Å². The topological polar surface area (TPSA) is 40.5 Å². The monoisotopic (exact) mass is 279 g/mol. The van der Waals surface area contributed by atoms with Crippen LogP contribution >= 0.6 is 0 Å². The van der Waals surface area contributed by atoms with Gasteiger partial charge in [-0.25, -0.2) is 4.39 Å². The normalized spacial score (nSPS) is 20.0. The molecule has 1 aliphatic heterocycles. The molecule has 1 saturated heterocycles. The predicted molar refractivity (Wildman–Crippen MR) is 76.3 cm³/mol. The van der Waals surface area contributed by atoms with Crippen LogP contribution in [-0.4, -0.2) is 41.5 Å². The molecule has 1 fully saturated rings. The molecule has 1 aromatic rings. The zero-order valence-corrected chi connectivity index (χ0v) is 11.7. The Bertz CT molecular complexity index is 431. The molecule has 1 unspecified atom stereocenters. The van der Waals surface area contributed by atoms with Crippen LogP contribution in [0.5, 0.6) is 0 Å². The molecule has 0 bridgehead atoms. The third-order valence-corrected chi connectivity index (χ3v) is 4.00. The van der Waals surface area contributed by atoms with E-state index >= 15 is 0 Å². The SMILES string of the molecule is O=C(CCN1CCCCC1CCO)c1ccc(F)cc1. The first kappa shape index (κ1) is 15.1. The average Bonchev–Trinajstić information content (AvgIpc) is 2.47. The van der Waals surface area contributed by atoms with Crippen LogP contribution in [0.3, 0.4) is 0 Å². The van der Waals surface area contributed by atoms with Gasteiger partial charge in [0.15, 0.2) is 5.78 Å². The lowest BCUT2D eigenvalue weighted by Crippen LogP contribution is -2.41. The highest BCUT2D eigenvalue weighted by molar-refractivity contribution is 5.96. The maximum atomic E-state index is 12.8. The van der Waals surface area contributed by atoms with Crippen molar-refractivity contribution < 1.29 is 14.3 Å². The highest BCUT2D eigenvalue weighted by Gasteiger charge is 2.22. The Kier molecular flexibility index (Phi) is 5.68. The number of hydrogen-bond acceptors (Lipinski definition) is 3. The van der Waals surface area contributed by atoms with Crippen LogP contribution in [0, 0.1) is 5.82 Å². The van der Waals surface area contributed by atoms with E-state index in [0.29, 0.717) is 18.0 Å². The first-order valence-corrected chi connectivity index (χ1v) is 7.34. The van der Waals surface area contributed by atoms with Gasteiger partial charge in [0.1, 0.15) is 5.82 Å². The Morgan fingerprint density at radius 2 is 2.05 bits per heavy atom. The number of halogens is 1. The second-order valence-electron chi connectivity index (χ2n) is 5.38. The molecule has 4 heteroatoms. The summed E-state index contributed by atoms with van der Waals surface area (Å²) in [6.45, 7) is 1.93. The number of aliphatic hydroxyl groups is 1. The van der Waals surface area contributed by atoms with E-state index in [1.165, 1.54) is 18.6 Å². The van der Waals surface area contributed by atoms with Crippen LogP contribution in [0.1, 0.15) is 42.5 Å². The lowest BCUT2D eigenvalue weighted by atomic mass is 9.98. The Morgan fingerprint density at radius 1 is 1.30 bits per heavy atom. The Morgan fingerprint density at radius 3 is 2.75 bits per heavy atom. The summed E-state index contributed by atoms with van der Waals surface area (Å²) in [4.78, 5) is 14.4. The molecule has 0 aromatic heterocycles. The number of rotatable bonds is 6. The molecule has 110 valence electrons. The summed E-state index contributed by atoms with van der Waals surface area (Å²) in [6, 6.07) is 6.12. The van der Waals surface area contributed by atoms with Crippen molar-refractivity contribution in [2.24, 2.45) is 0 Å². The fourth-order valence-corrected chi connectivity index (χ4v) is 2.86. The van der Waals surface area contributed by atoms with Crippen molar-refractivity contribution in [3.05, 3.63) is 35.6 Å². The van der Waals surface area contributed by atoms with Gasteiger partial charge in [0, 0.05) is 31.2 Å². The van der Waals surface area contributed by atoms with E-state index in [4.69, 9.17) is 5.11 Å². The smallest absolute Gasteiger partial charge is 0.164 e. The molecule has 1 aromatic carbocycles. The minimum absolute atomic E-state index is 0.0540. The van der Waals surface area contributed by atoms with Crippen LogP contribution in [0.25, 0.3) is 0 Å². The lowest BCUT2D eigenvalue weighted by molar-refractivity contribution is 0.0896. The molecular weight excluding hydrogens is 257 g/mol. The molecule has 0 saturated carbocycles. The summed E-state index contributed by atoms with van der Waals surface area (Å²) < 4.78 is 12.8. The average molecular weight is 279 g/mol. The van der Waals surface area contributed by atoms with Gasteiger partial charge in [-0.1, -0.05) is 6.42 Å². The summed E-state index contributed by atoms with van der Waals surface area (Å²) in [5.41, 5.74) is 0.571. The van der Waals surface area contributed by atoms with Crippen molar-refractivity contribution in [1.29, 1.82) is 0 Å². The van der Waals surface area contributed by atoms with Gasteiger partial charge in [0.2, 0.25) is 0 Å². The molecule has 0 radical (unpaired) electrons. The van der Waals surface area contributed by atoms with Gasteiger partial charge < -0.3 is 5.11 Å². The quantitative estimate of drug-likeness (QED) is 0.814. The fraction of sp³-hybridized carbons (Fsp3) is 0.562. The van der Waals surface area contributed by atoms with Crippen molar-refractivity contribution in [1.82, 2.24) is 4.90 Å². The van der Waals surface area contributed by atoms with E-state index in [2.05, 4.69) is 4.90 Å². The van der Waals surface area contributed by atoms with Crippen molar-refractivity contribution >= 4 is 5.78 Å². The minimum Gasteiger partial charge on any atom is -0.396 e. The number of ketones is 1. The predicted octanol–water partition coefficient (Wildman–Crippen LogP) is 2.64. The number of benzene rings is 1. The van der Waals surface area contributed by atoms with E-state index in [9.17, 15) is 9.18 Å². The number of Topliss-reactive ketones (excluding diaryl/α,β-unsaturated/α-hetero) is 1. The summed E-state index contributed by atoms with van der Waals surface area (Å²) in [5, 5.41) is 9.09. The molecule has 0 spiro atoms. The number of aliphatic hydroxyl groups excluding tert-OH is 1. The van der Waals surface area contributed by atoms with Crippen molar-refractivity contribution in [2.45, 2.75) is 38.1 Å². The summed E-state index contributed by atoms with van der Waals surface area (Å²) in [5.74, 6) is -0.265. The van der Waals surface area contributed by atoms with E-state index in [1.807, 2.05) is 0 Å². The van der Waals surface area contributed by atoms with Crippen LogP contribution in [0.2, 0.25) is 0 Å². The maximum Gasteiger partial charge on any atom is 0.164 e. The molecule has 3 nitrogen and oxygen atoms in total. The highest BCUT2D eigenvalue weighted by Crippen LogP contribution is 2.20.